The molecule has 0 bridgehead atoms. The maximum atomic E-state index is 13.3. The predicted octanol–water partition coefficient (Wildman–Crippen LogP) is 6.87. The van der Waals surface area contributed by atoms with Crippen molar-refractivity contribution in [1.29, 1.82) is 0 Å². The van der Waals surface area contributed by atoms with Crippen molar-refractivity contribution >= 4 is 45.9 Å². The number of aromatic amines is 1. The number of nitrogens with one attached hydrogen (secondary N) is 2. The molecule has 7 heteroatoms. The zero-order valence-corrected chi connectivity index (χ0v) is 22.1. The monoisotopic (exact) mass is 499 g/mol. The normalized spacial score (nSPS) is 12.3. The van der Waals surface area contributed by atoms with Crippen LogP contribution in [0.2, 0.25) is 0 Å². The van der Waals surface area contributed by atoms with Gasteiger partial charge in [-0.3, -0.25) is 4.98 Å². The van der Waals surface area contributed by atoms with E-state index in [0.29, 0.717) is 16.6 Å². The predicted molar refractivity (Wildman–Crippen MR) is 147 cm³/mol. The van der Waals surface area contributed by atoms with Crippen LogP contribution in [0.15, 0.2) is 54.7 Å². The molecule has 0 aliphatic rings. The number of fused-ring (bicyclic) bond motifs is 3. The number of esters is 1. The lowest BCUT2D eigenvalue weighted by Gasteiger charge is -2.21. The summed E-state index contributed by atoms with van der Waals surface area (Å²) in [6, 6.07) is 15.8. The molecule has 1 amide bonds. The number of ether oxygens (including phenoxy) is 2. The second kappa shape index (κ2) is 10.1. The molecular formula is C30H33N3O4. The van der Waals surface area contributed by atoms with Gasteiger partial charge in [0.25, 0.3) is 0 Å². The summed E-state index contributed by atoms with van der Waals surface area (Å²) in [5, 5.41) is 5.30. The van der Waals surface area contributed by atoms with Crippen LogP contribution in [0, 0.1) is 0 Å². The van der Waals surface area contributed by atoms with Crippen LogP contribution in [0.1, 0.15) is 68.9 Å². The van der Waals surface area contributed by atoms with Crippen LogP contribution >= 0.6 is 0 Å². The van der Waals surface area contributed by atoms with Gasteiger partial charge in [-0.15, -0.1) is 0 Å². The third kappa shape index (κ3) is 6.55. The van der Waals surface area contributed by atoms with Crippen LogP contribution in [0.25, 0.3) is 33.8 Å². The highest BCUT2D eigenvalue weighted by molar-refractivity contribution is 6.14. The maximum Gasteiger partial charge on any atom is 0.407 e. The lowest BCUT2D eigenvalue weighted by atomic mass is 10.0. The summed E-state index contributed by atoms with van der Waals surface area (Å²) in [5.41, 5.74) is 2.26. The lowest BCUT2D eigenvalue weighted by molar-refractivity contribution is 0.00695. The molecule has 0 saturated heterocycles. The van der Waals surface area contributed by atoms with Crippen LogP contribution in [0.3, 0.4) is 0 Å². The van der Waals surface area contributed by atoms with Gasteiger partial charge in [0, 0.05) is 22.4 Å². The minimum atomic E-state index is -0.674. The molecule has 0 saturated carbocycles. The van der Waals surface area contributed by atoms with Crippen LogP contribution in [-0.2, 0) is 16.0 Å². The van der Waals surface area contributed by atoms with Crippen LogP contribution < -0.4 is 5.32 Å². The third-order valence-corrected chi connectivity index (χ3v) is 5.43. The maximum absolute atomic E-state index is 13.3. The molecule has 2 aromatic carbocycles. The summed E-state index contributed by atoms with van der Waals surface area (Å²) in [6.45, 7) is 10.9. The highest BCUT2D eigenvalue weighted by Gasteiger charge is 2.26. The molecule has 192 valence electrons. The minimum absolute atomic E-state index is 0.0749. The number of hydrogen-bond acceptors (Lipinski definition) is 5. The van der Waals surface area contributed by atoms with Gasteiger partial charge >= 0.3 is 12.1 Å². The number of carbonyl (C=O) groups excluding carboxylic acids is 2. The summed E-state index contributed by atoms with van der Waals surface area (Å²) in [5.74, 6) is -0.461. The quantitative estimate of drug-likeness (QED) is 0.292. The molecule has 0 aliphatic carbocycles. The Kier molecular flexibility index (Phi) is 7.07. The number of hydrogen-bond donors (Lipinski definition) is 2. The van der Waals surface area contributed by atoms with E-state index >= 15 is 0 Å². The second-order valence-electron chi connectivity index (χ2n) is 10.9. The number of amides is 1. The van der Waals surface area contributed by atoms with E-state index in [1.807, 2.05) is 87.7 Å². The van der Waals surface area contributed by atoms with Crippen molar-refractivity contribution < 1.29 is 19.1 Å². The average Bonchev–Trinajstić information content (AvgIpc) is 3.19. The number of pyridine rings is 1. The summed E-state index contributed by atoms with van der Waals surface area (Å²) in [6.07, 6.45) is 5.21. The molecule has 4 rings (SSSR count). The van der Waals surface area contributed by atoms with Gasteiger partial charge in [-0.25, -0.2) is 9.59 Å². The molecule has 2 aromatic heterocycles. The molecule has 37 heavy (non-hydrogen) atoms. The van der Waals surface area contributed by atoms with Gasteiger partial charge in [0.05, 0.1) is 29.0 Å². The van der Waals surface area contributed by atoms with Gasteiger partial charge in [-0.2, -0.15) is 0 Å². The lowest BCUT2D eigenvalue weighted by Crippen LogP contribution is -2.32. The first-order valence-corrected chi connectivity index (χ1v) is 12.3. The first-order chi connectivity index (χ1) is 17.4. The highest BCUT2D eigenvalue weighted by Crippen LogP contribution is 2.31. The Morgan fingerprint density at radius 2 is 1.62 bits per heavy atom. The third-order valence-electron chi connectivity index (χ3n) is 5.43. The molecule has 0 spiro atoms. The van der Waals surface area contributed by atoms with E-state index in [0.717, 1.165) is 27.5 Å². The van der Waals surface area contributed by atoms with Crippen molar-refractivity contribution in [3.63, 3.8) is 0 Å². The Hall–Kier alpha value is -4.13. The van der Waals surface area contributed by atoms with Crippen LogP contribution in [0.4, 0.5) is 4.79 Å². The van der Waals surface area contributed by atoms with Gasteiger partial charge in [0.2, 0.25) is 0 Å². The van der Waals surface area contributed by atoms with Crippen molar-refractivity contribution in [1.82, 2.24) is 15.3 Å². The number of rotatable bonds is 5. The number of benzene rings is 2. The summed E-state index contributed by atoms with van der Waals surface area (Å²) in [4.78, 5) is 33.5. The standard InChI is InChI=1S/C30H33N3O4/c1-29(2,3)36-27(34)25-22-15-13-20-17-31-21(14-12-19-10-8-7-9-11-19)16-23(20)26(22)33-24(25)18-32-28(35)37-30(4,5)6/h7-17,33H,18H2,1-6H3,(H,32,35). The van der Waals surface area contributed by atoms with Crippen molar-refractivity contribution in [3.05, 3.63) is 77.2 Å². The Morgan fingerprint density at radius 1 is 0.919 bits per heavy atom. The number of carbonyl (C=O) groups is 2. The Labute approximate surface area is 216 Å². The second-order valence-corrected chi connectivity index (χ2v) is 10.9. The number of nitrogens with zero attached hydrogens (tertiary/aromatic N) is 1. The topological polar surface area (TPSA) is 93.3 Å². The van der Waals surface area contributed by atoms with E-state index in [-0.39, 0.29) is 6.54 Å². The SMILES string of the molecule is CC(C)(C)OC(=O)NCc1[nH]c2c(ccc3cnc(C=Cc4ccccc4)cc32)c1C(=O)OC(C)(C)C. The van der Waals surface area contributed by atoms with E-state index in [1.165, 1.54) is 0 Å². The zero-order valence-electron chi connectivity index (χ0n) is 22.1. The Balaban J connectivity index is 1.77. The Morgan fingerprint density at radius 3 is 2.30 bits per heavy atom. The first-order valence-electron chi connectivity index (χ1n) is 12.3. The van der Waals surface area contributed by atoms with Gasteiger partial charge < -0.3 is 19.8 Å². The van der Waals surface area contributed by atoms with Crippen molar-refractivity contribution in [2.75, 3.05) is 0 Å². The van der Waals surface area contributed by atoms with Gasteiger partial charge in [-0.05, 0) is 59.2 Å². The fourth-order valence-corrected chi connectivity index (χ4v) is 3.96. The van der Waals surface area contributed by atoms with Crippen molar-refractivity contribution in [2.45, 2.75) is 59.3 Å². The van der Waals surface area contributed by atoms with Gasteiger partial charge in [0.15, 0.2) is 0 Å². The molecule has 4 aromatic rings. The number of aromatic nitrogens is 2. The molecule has 7 nitrogen and oxygen atoms in total. The van der Waals surface area contributed by atoms with Crippen molar-refractivity contribution in [3.8, 4) is 0 Å². The largest absolute Gasteiger partial charge is 0.456 e. The summed E-state index contributed by atoms with van der Waals surface area (Å²) in [7, 11) is 0. The zero-order chi connectivity index (χ0) is 26.8. The van der Waals surface area contributed by atoms with Crippen LogP contribution in [0.5, 0.6) is 0 Å². The van der Waals surface area contributed by atoms with Crippen molar-refractivity contribution in [2.24, 2.45) is 0 Å². The summed E-state index contributed by atoms with van der Waals surface area (Å²) >= 11 is 0. The van der Waals surface area contributed by atoms with Gasteiger partial charge in [0.1, 0.15) is 11.2 Å². The fraction of sp³-hybridized carbons (Fsp3) is 0.300. The average molecular weight is 500 g/mol. The number of H-pyrrole nitrogens is 1. The number of alkyl carbamates (subject to hydrolysis) is 1. The summed E-state index contributed by atoms with van der Waals surface area (Å²) < 4.78 is 11.1. The minimum Gasteiger partial charge on any atom is -0.456 e. The van der Waals surface area contributed by atoms with Crippen LogP contribution in [-0.4, -0.2) is 33.2 Å². The molecule has 2 N–H and O–H groups in total. The highest BCUT2D eigenvalue weighted by atomic mass is 16.6. The molecule has 0 fully saturated rings. The van der Waals surface area contributed by atoms with E-state index < -0.39 is 23.3 Å². The van der Waals surface area contributed by atoms with E-state index in [4.69, 9.17) is 9.47 Å². The molecule has 0 radical (unpaired) electrons. The molecular weight excluding hydrogens is 466 g/mol. The van der Waals surface area contributed by atoms with E-state index in [1.54, 1.807) is 20.8 Å². The van der Waals surface area contributed by atoms with Gasteiger partial charge in [-0.1, -0.05) is 48.5 Å². The smallest absolute Gasteiger partial charge is 0.407 e. The fourth-order valence-electron chi connectivity index (χ4n) is 3.96. The van der Waals surface area contributed by atoms with E-state index in [2.05, 4.69) is 15.3 Å². The Bertz CT molecular complexity index is 1470. The first kappa shape index (κ1) is 25.9. The van der Waals surface area contributed by atoms with E-state index in [9.17, 15) is 9.59 Å². The molecule has 2 heterocycles. The molecule has 0 unspecified atom stereocenters. The molecule has 0 aliphatic heterocycles. The molecule has 0 atom stereocenters.